The number of aromatic nitrogens is 1. The molecule has 0 spiro atoms. The van der Waals surface area contributed by atoms with Gasteiger partial charge in [-0.3, -0.25) is 9.69 Å². The van der Waals surface area contributed by atoms with Crippen molar-refractivity contribution < 1.29 is 17.6 Å². The van der Waals surface area contributed by atoms with Gasteiger partial charge in [0.2, 0.25) is 0 Å². The number of nitrogens with zero attached hydrogens (tertiary/aromatic N) is 3. The molecule has 1 atom stereocenters. The quantitative estimate of drug-likeness (QED) is 0.615. The van der Waals surface area contributed by atoms with Crippen molar-refractivity contribution in [2.75, 3.05) is 21.1 Å². The Balaban J connectivity index is 2.16. The van der Waals surface area contributed by atoms with Gasteiger partial charge in [0.15, 0.2) is 0 Å². The molecule has 3 rings (SSSR count). The van der Waals surface area contributed by atoms with Gasteiger partial charge in [-0.15, -0.1) is 0 Å². The molecule has 0 bridgehead atoms. The van der Waals surface area contributed by atoms with Crippen LogP contribution in [0.25, 0.3) is 10.9 Å². The molecule has 0 aliphatic rings. The Morgan fingerprint density at radius 1 is 1.04 bits per heavy atom. The second-order valence-electron chi connectivity index (χ2n) is 6.83. The van der Waals surface area contributed by atoms with Gasteiger partial charge in [0, 0.05) is 18.6 Å². The fraction of sp³-hybridized carbons (Fsp3) is 0.250. The topological polar surface area (TPSA) is 62.6 Å². The smallest absolute Gasteiger partial charge is 0.268 e. The first-order valence-corrected chi connectivity index (χ1v) is 10.1. The Morgan fingerprint density at radius 3 is 2.25 bits per heavy atom. The van der Waals surface area contributed by atoms with E-state index in [0.29, 0.717) is 10.9 Å². The Hall–Kier alpha value is -2.71. The van der Waals surface area contributed by atoms with E-state index in [4.69, 9.17) is 0 Å². The van der Waals surface area contributed by atoms with Crippen LogP contribution in [0.4, 0.5) is 4.39 Å². The molecule has 0 radical (unpaired) electrons. The minimum Gasteiger partial charge on any atom is -0.326 e. The lowest BCUT2D eigenvalue weighted by Gasteiger charge is -2.30. The van der Waals surface area contributed by atoms with Crippen LogP contribution in [0.15, 0.2) is 59.6 Å². The molecule has 0 N–H and O–H groups in total. The summed E-state index contributed by atoms with van der Waals surface area (Å²) in [5.41, 5.74) is 0.679. The number of hydrogen-bond acceptors (Lipinski definition) is 4. The van der Waals surface area contributed by atoms with Gasteiger partial charge in [-0.1, -0.05) is 18.2 Å². The minimum atomic E-state index is -3.99. The van der Waals surface area contributed by atoms with Crippen LogP contribution in [0.1, 0.15) is 17.3 Å². The number of benzene rings is 2. The summed E-state index contributed by atoms with van der Waals surface area (Å²) in [7, 11) is 1.40. The maximum atomic E-state index is 13.2. The highest BCUT2D eigenvalue weighted by Crippen LogP contribution is 2.27. The fourth-order valence-electron chi connectivity index (χ4n) is 2.95. The summed E-state index contributed by atoms with van der Waals surface area (Å²) in [5.74, 6) is -0.808. The van der Waals surface area contributed by atoms with Crippen molar-refractivity contribution in [3.63, 3.8) is 0 Å². The van der Waals surface area contributed by atoms with Gasteiger partial charge >= 0.3 is 0 Å². The first-order valence-electron chi connectivity index (χ1n) is 8.69. The van der Waals surface area contributed by atoms with Crippen LogP contribution in [0, 0.1) is 5.82 Å². The SMILES string of the molecule is CC(N(C)C)N(C)C(=O)c1cn(S(=O)(=O)c2ccc(F)cc2)c2ccccc12. The molecule has 0 aliphatic carbocycles. The number of fused-ring (bicyclic) bond motifs is 1. The molecular weight excluding hydrogens is 381 g/mol. The van der Waals surface area contributed by atoms with E-state index >= 15 is 0 Å². The largest absolute Gasteiger partial charge is 0.326 e. The third-order valence-electron chi connectivity index (χ3n) is 4.91. The van der Waals surface area contributed by atoms with Crippen molar-refractivity contribution in [3.05, 3.63) is 66.1 Å². The summed E-state index contributed by atoms with van der Waals surface area (Å²) in [6.45, 7) is 1.88. The summed E-state index contributed by atoms with van der Waals surface area (Å²) < 4.78 is 40.5. The Bertz CT molecular complexity index is 1120. The van der Waals surface area contributed by atoms with E-state index in [9.17, 15) is 17.6 Å². The zero-order valence-electron chi connectivity index (χ0n) is 16.1. The fourth-order valence-corrected chi connectivity index (χ4v) is 4.31. The van der Waals surface area contributed by atoms with Crippen LogP contribution >= 0.6 is 0 Å². The second kappa shape index (κ2) is 7.37. The summed E-state index contributed by atoms with van der Waals surface area (Å²) in [6, 6.07) is 11.4. The molecule has 0 aliphatic heterocycles. The number of carbonyl (C=O) groups is 1. The monoisotopic (exact) mass is 403 g/mol. The zero-order valence-corrected chi connectivity index (χ0v) is 16.9. The van der Waals surface area contributed by atoms with Crippen molar-refractivity contribution in [3.8, 4) is 0 Å². The molecule has 1 heterocycles. The minimum absolute atomic E-state index is 0.0522. The molecule has 6 nitrogen and oxygen atoms in total. The van der Waals surface area contributed by atoms with Crippen LogP contribution in [0.5, 0.6) is 0 Å². The van der Waals surface area contributed by atoms with E-state index < -0.39 is 15.8 Å². The Morgan fingerprint density at radius 2 is 1.64 bits per heavy atom. The predicted octanol–water partition coefficient (Wildman–Crippen LogP) is 3.00. The average molecular weight is 403 g/mol. The van der Waals surface area contributed by atoms with E-state index in [2.05, 4.69) is 0 Å². The number of carbonyl (C=O) groups excluding carboxylic acids is 1. The van der Waals surface area contributed by atoms with Crippen molar-refractivity contribution in [1.29, 1.82) is 0 Å². The summed E-state index contributed by atoms with van der Waals surface area (Å²) in [6.07, 6.45) is 1.16. The van der Waals surface area contributed by atoms with E-state index in [1.54, 1.807) is 36.2 Å². The van der Waals surface area contributed by atoms with Gasteiger partial charge in [0.1, 0.15) is 5.82 Å². The van der Waals surface area contributed by atoms with Gasteiger partial charge in [-0.2, -0.15) is 0 Å². The Labute approximate surface area is 163 Å². The van der Waals surface area contributed by atoms with E-state index in [0.717, 1.165) is 16.1 Å². The van der Waals surface area contributed by atoms with E-state index in [1.807, 2.05) is 25.9 Å². The zero-order chi connectivity index (χ0) is 20.6. The van der Waals surface area contributed by atoms with Crippen LogP contribution < -0.4 is 0 Å². The molecule has 1 amide bonds. The lowest BCUT2D eigenvalue weighted by atomic mass is 10.1. The Kier molecular flexibility index (Phi) is 5.27. The standard InChI is InChI=1S/C20H22FN3O3S/c1-14(22(2)3)23(4)20(25)18-13-24(19-8-6-5-7-17(18)19)28(26,27)16-11-9-15(21)10-12-16/h5-14H,1-4H3. The molecule has 148 valence electrons. The average Bonchev–Trinajstić information content (AvgIpc) is 3.07. The lowest BCUT2D eigenvalue weighted by molar-refractivity contribution is 0.0588. The van der Waals surface area contributed by atoms with Crippen molar-refractivity contribution in [2.45, 2.75) is 18.0 Å². The summed E-state index contributed by atoms with van der Waals surface area (Å²) in [5, 5.41) is 0.538. The molecule has 28 heavy (non-hydrogen) atoms. The molecule has 0 saturated carbocycles. The summed E-state index contributed by atoms with van der Waals surface area (Å²) >= 11 is 0. The number of para-hydroxylation sites is 1. The highest BCUT2D eigenvalue weighted by molar-refractivity contribution is 7.90. The summed E-state index contributed by atoms with van der Waals surface area (Å²) in [4.78, 5) is 16.4. The van der Waals surface area contributed by atoms with Crippen LogP contribution in [0.2, 0.25) is 0 Å². The molecule has 8 heteroatoms. The van der Waals surface area contributed by atoms with Crippen LogP contribution in [-0.2, 0) is 10.0 Å². The number of amides is 1. The highest BCUT2D eigenvalue weighted by Gasteiger charge is 2.26. The van der Waals surface area contributed by atoms with E-state index in [1.165, 1.54) is 18.3 Å². The predicted molar refractivity (Wildman–Crippen MR) is 106 cm³/mol. The van der Waals surface area contributed by atoms with Gasteiger partial charge in [0.05, 0.1) is 22.1 Å². The van der Waals surface area contributed by atoms with Crippen LogP contribution in [-0.4, -0.2) is 55.4 Å². The molecule has 3 aromatic rings. The van der Waals surface area contributed by atoms with Gasteiger partial charge < -0.3 is 4.90 Å². The molecule has 0 fully saturated rings. The number of rotatable bonds is 5. The molecular formula is C20H22FN3O3S. The first-order chi connectivity index (χ1) is 13.1. The third-order valence-corrected chi connectivity index (χ3v) is 6.59. The maximum Gasteiger partial charge on any atom is 0.268 e. The highest BCUT2D eigenvalue weighted by atomic mass is 32.2. The number of hydrogen-bond donors (Lipinski definition) is 0. The maximum absolute atomic E-state index is 13.2. The van der Waals surface area contributed by atoms with Crippen LogP contribution in [0.3, 0.4) is 0 Å². The van der Waals surface area contributed by atoms with Gasteiger partial charge in [-0.25, -0.2) is 16.8 Å². The normalized spacial score (nSPS) is 13.1. The second-order valence-corrected chi connectivity index (χ2v) is 8.64. The lowest BCUT2D eigenvalue weighted by Crippen LogP contribution is -2.43. The van der Waals surface area contributed by atoms with Gasteiger partial charge in [-0.05, 0) is 51.4 Å². The van der Waals surface area contributed by atoms with E-state index in [-0.39, 0.29) is 22.5 Å². The third kappa shape index (κ3) is 3.41. The molecule has 1 aromatic heterocycles. The van der Waals surface area contributed by atoms with Crippen molar-refractivity contribution in [1.82, 2.24) is 13.8 Å². The van der Waals surface area contributed by atoms with Gasteiger partial charge in [0.25, 0.3) is 15.9 Å². The first kappa shape index (κ1) is 20.0. The van der Waals surface area contributed by atoms with Crippen molar-refractivity contribution >= 4 is 26.8 Å². The van der Waals surface area contributed by atoms with Crippen molar-refractivity contribution in [2.24, 2.45) is 0 Å². The number of halogens is 1. The molecule has 1 unspecified atom stereocenters. The molecule has 0 saturated heterocycles. The molecule has 2 aromatic carbocycles.